The summed E-state index contributed by atoms with van der Waals surface area (Å²) in [5.74, 6) is 1.80. The minimum absolute atomic E-state index is 0.201. The summed E-state index contributed by atoms with van der Waals surface area (Å²) in [4.78, 5) is 11.9. The van der Waals surface area contributed by atoms with Gasteiger partial charge in [0.2, 0.25) is 0 Å². The number of furan rings is 1. The summed E-state index contributed by atoms with van der Waals surface area (Å²) in [7, 11) is 0. The molecule has 1 aromatic heterocycles. The lowest BCUT2D eigenvalue weighted by molar-refractivity contribution is 0.0922. The van der Waals surface area contributed by atoms with Gasteiger partial charge in [0, 0.05) is 11.6 Å². The van der Waals surface area contributed by atoms with Crippen molar-refractivity contribution in [3.05, 3.63) is 51.9 Å². The van der Waals surface area contributed by atoms with Crippen LogP contribution in [0.25, 0.3) is 0 Å². The van der Waals surface area contributed by atoms with E-state index in [1.165, 1.54) is 0 Å². The molecular weight excluding hydrogens is 326 g/mol. The Bertz CT molecular complexity index is 707. The number of hydrogen-bond donors (Lipinski definition) is 1. The Hall–Kier alpha value is -1.94. The molecule has 0 aliphatic carbocycles. The maximum absolute atomic E-state index is 11.9. The van der Waals surface area contributed by atoms with Gasteiger partial charge in [-0.2, -0.15) is 0 Å². The van der Waals surface area contributed by atoms with Crippen molar-refractivity contribution < 1.29 is 13.9 Å². The fourth-order valence-corrected chi connectivity index (χ4v) is 2.47. The summed E-state index contributed by atoms with van der Waals surface area (Å²) >= 11 is 6.21. The number of rotatable bonds is 7. The number of halogens is 1. The average molecular weight is 350 g/mol. The van der Waals surface area contributed by atoms with Crippen LogP contribution < -0.4 is 10.1 Å². The van der Waals surface area contributed by atoms with Crippen LogP contribution in [-0.4, -0.2) is 12.5 Å². The summed E-state index contributed by atoms with van der Waals surface area (Å²) in [5, 5.41) is 3.52. The van der Waals surface area contributed by atoms with Gasteiger partial charge in [-0.25, -0.2) is 0 Å². The van der Waals surface area contributed by atoms with E-state index in [2.05, 4.69) is 19.2 Å². The molecule has 0 aliphatic heterocycles. The Morgan fingerprint density at radius 3 is 2.75 bits per heavy atom. The predicted molar refractivity (Wildman–Crippen MR) is 95.9 cm³/mol. The Kier molecular flexibility index (Phi) is 6.32. The van der Waals surface area contributed by atoms with E-state index in [4.69, 9.17) is 20.8 Å². The Morgan fingerprint density at radius 1 is 1.33 bits per heavy atom. The highest BCUT2D eigenvalue weighted by atomic mass is 35.5. The first-order valence-electron chi connectivity index (χ1n) is 8.22. The van der Waals surface area contributed by atoms with Crippen LogP contribution in [0.3, 0.4) is 0 Å². The van der Waals surface area contributed by atoms with Crippen molar-refractivity contribution in [3.8, 4) is 5.75 Å². The average Bonchev–Trinajstić information content (AvgIpc) is 3.02. The minimum atomic E-state index is -0.201. The first-order chi connectivity index (χ1) is 11.4. The molecule has 1 heterocycles. The zero-order valence-corrected chi connectivity index (χ0v) is 15.4. The minimum Gasteiger partial charge on any atom is -0.485 e. The van der Waals surface area contributed by atoms with Crippen molar-refractivity contribution in [2.45, 2.75) is 46.6 Å². The van der Waals surface area contributed by atoms with Crippen molar-refractivity contribution in [2.75, 3.05) is 6.54 Å². The van der Waals surface area contributed by atoms with Gasteiger partial charge in [0.05, 0.1) is 0 Å². The number of aryl methyl sites for hydroxylation is 1. The quantitative estimate of drug-likeness (QED) is 0.758. The van der Waals surface area contributed by atoms with Crippen molar-refractivity contribution >= 4 is 17.5 Å². The molecule has 0 saturated carbocycles. The third-order valence-electron chi connectivity index (χ3n) is 3.70. The second-order valence-electron chi connectivity index (χ2n) is 6.10. The van der Waals surface area contributed by atoms with Crippen molar-refractivity contribution in [3.63, 3.8) is 0 Å². The van der Waals surface area contributed by atoms with Gasteiger partial charge in [0.25, 0.3) is 5.91 Å². The SMILES string of the molecule is CCCNC(=O)c1ccc(COc2cc(C)c(Cl)cc2C(C)C)o1. The van der Waals surface area contributed by atoms with E-state index in [9.17, 15) is 4.79 Å². The zero-order chi connectivity index (χ0) is 17.7. The van der Waals surface area contributed by atoms with Crippen LogP contribution >= 0.6 is 11.6 Å². The summed E-state index contributed by atoms with van der Waals surface area (Å²) in [6.07, 6.45) is 0.885. The summed E-state index contributed by atoms with van der Waals surface area (Å²) in [6, 6.07) is 7.32. The molecule has 0 fully saturated rings. The van der Waals surface area contributed by atoms with Crippen LogP contribution in [0.2, 0.25) is 5.02 Å². The van der Waals surface area contributed by atoms with Gasteiger partial charge in [0.1, 0.15) is 18.1 Å². The Labute approximate surface area is 148 Å². The van der Waals surface area contributed by atoms with Gasteiger partial charge >= 0.3 is 0 Å². The highest BCUT2D eigenvalue weighted by Gasteiger charge is 2.14. The Morgan fingerprint density at radius 2 is 2.08 bits per heavy atom. The molecule has 5 heteroatoms. The summed E-state index contributed by atoms with van der Waals surface area (Å²) < 4.78 is 11.5. The van der Waals surface area contributed by atoms with E-state index in [1.807, 2.05) is 26.0 Å². The molecule has 2 aromatic rings. The molecular formula is C19H24ClNO3. The number of benzene rings is 1. The molecule has 0 spiro atoms. The van der Waals surface area contributed by atoms with Crippen LogP contribution in [0.4, 0.5) is 0 Å². The topological polar surface area (TPSA) is 51.5 Å². The molecule has 0 bridgehead atoms. The number of amides is 1. The molecule has 0 atom stereocenters. The van der Waals surface area contributed by atoms with Gasteiger partial charge < -0.3 is 14.5 Å². The van der Waals surface area contributed by atoms with Crippen LogP contribution in [0.1, 0.15) is 60.6 Å². The first kappa shape index (κ1) is 18.4. The van der Waals surface area contributed by atoms with Crippen LogP contribution in [-0.2, 0) is 6.61 Å². The number of hydrogen-bond acceptors (Lipinski definition) is 3. The standard InChI is InChI=1S/C19H24ClNO3/c1-5-8-21-19(22)17-7-6-14(24-17)11-23-18-9-13(4)16(20)10-15(18)12(2)3/h6-7,9-10,12H,5,8,11H2,1-4H3,(H,21,22). The van der Waals surface area contributed by atoms with Crippen molar-refractivity contribution in [1.29, 1.82) is 0 Å². The van der Waals surface area contributed by atoms with Crippen molar-refractivity contribution in [1.82, 2.24) is 5.32 Å². The third kappa shape index (κ3) is 4.54. The van der Waals surface area contributed by atoms with Gasteiger partial charge in [-0.15, -0.1) is 0 Å². The monoisotopic (exact) mass is 349 g/mol. The second kappa shape index (κ2) is 8.25. The normalized spacial score (nSPS) is 10.9. The number of nitrogens with one attached hydrogen (secondary N) is 1. The largest absolute Gasteiger partial charge is 0.485 e. The van der Waals surface area contributed by atoms with Crippen molar-refractivity contribution in [2.24, 2.45) is 0 Å². The molecule has 4 nitrogen and oxygen atoms in total. The number of ether oxygens (including phenoxy) is 1. The van der Waals surface area contributed by atoms with Crippen LogP contribution in [0, 0.1) is 6.92 Å². The summed E-state index contributed by atoms with van der Waals surface area (Å²) in [5.41, 5.74) is 2.02. The number of carbonyl (C=O) groups excluding carboxylic acids is 1. The highest BCUT2D eigenvalue weighted by Crippen LogP contribution is 2.32. The number of carbonyl (C=O) groups is 1. The van der Waals surface area contributed by atoms with Gasteiger partial charge in [0.15, 0.2) is 5.76 Å². The van der Waals surface area contributed by atoms with E-state index < -0.39 is 0 Å². The van der Waals surface area contributed by atoms with E-state index in [1.54, 1.807) is 12.1 Å². The lowest BCUT2D eigenvalue weighted by Gasteiger charge is -2.15. The fourth-order valence-electron chi connectivity index (χ4n) is 2.30. The van der Waals surface area contributed by atoms with E-state index in [0.29, 0.717) is 24.0 Å². The van der Waals surface area contributed by atoms with Crippen LogP contribution in [0.15, 0.2) is 28.7 Å². The molecule has 24 heavy (non-hydrogen) atoms. The van der Waals surface area contributed by atoms with E-state index >= 15 is 0 Å². The second-order valence-corrected chi connectivity index (χ2v) is 6.51. The van der Waals surface area contributed by atoms with Gasteiger partial charge in [-0.05, 0) is 54.7 Å². The van der Waals surface area contributed by atoms with Gasteiger partial charge in [-0.1, -0.05) is 32.4 Å². The molecule has 0 unspecified atom stereocenters. The summed E-state index contributed by atoms with van der Waals surface area (Å²) in [6.45, 7) is 9.04. The fraction of sp³-hybridized carbons (Fsp3) is 0.421. The maximum atomic E-state index is 11.9. The molecule has 1 aromatic carbocycles. The van der Waals surface area contributed by atoms with E-state index in [0.717, 1.165) is 28.3 Å². The van der Waals surface area contributed by atoms with E-state index in [-0.39, 0.29) is 12.5 Å². The van der Waals surface area contributed by atoms with Crippen LogP contribution in [0.5, 0.6) is 5.75 Å². The molecule has 1 amide bonds. The molecule has 130 valence electrons. The highest BCUT2D eigenvalue weighted by molar-refractivity contribution is 6.31. The van der Waals surface area contributed by atoms with Gasteiger partial charge in [-0.3, -0.25) is 4.79 Å². The Balaban J connectivity index is 2.07. The molecule has 0 saturated heterocycles. The smallest absolute Gasteiger partial charge is 0.286 e. The lowest BCUT2D eigenvalue weighted by atomic mass is 10.0. The zero-order valence-electron chi connectivity index (χ0n) is 14.6. The molecule has 1 N–H and O–H groups in total. The first-order valence-corrected chi connectivity index (χ1v) is 8.60. The molecule has 0 aliphatic rings. The molecule has 2 rings (SSSR count). The third-order valence-corrected chi connectivity index (χ3v) is 4.11. The lowest BCUT2D eigenvalue weighted by Crippen LogP contribution is -2.23. The molecule has 0 radical (unpaired) electrons. The predicted octanol–water partition coefficient (Wildman–Crippen LogP) is 5.08. The maximum Gasteiger partial charge on any atom is 0.286 e.